The first-order valence-corrected chi connectivity index (χ1v) is 7.53. The number of nitrogens with zero attached hydrogens (tertiary/aromatic N) is 3. The zero-order chi connectivity index (χ0) is 13.4. The predicted octanol–water partition coefficient (Wildman–Crippen LogP) is 1.80. The average molecular weight is 390 g/mol. The molecule has 3 aliphatic heterocycles. The molecule has 1 aromatic rings. The van der Waals surface area contributed by atoms with Crippen LogP contribution in [0.25, 0.3) is 0 Å². The van der Waals surface area contributed by atoms with E-state index in [1.165, 1.54) is 0 Å². The number of amidine groups is 1. The van der Waals surface area contributed by atoms with Gasteiger partial charge in [0.25, 0.3) is 11.9 Å². The second kappa shape index (κ2) is 3.54. The molecule has 0 unspecified atom stereocenters. The summed E-state index contributed by atoms with van der Waals surface area (Å²) in [5, 5.41) is 0. The lowest BCUT2D eigenvalue weighted by Gasteiger charge is -2.41. The number of aromatic nitrogens is 1. The Balaban J connectivity index is 2.00. The fourth-order valence-corrected chi connectivity index (χ4v) is 4.12. The van der Waals surface area contributed by atoms with E-state index < -0.39 is 5.66 Å². The smallest absolute Gasteiger partial charge is 0.286 e. The number of rotatable bonds is 0. The SMILES string of the molecule is NC1=N[C@@]23CCCN2C(=O)c2cc(Br)c(Br)n2[C@H]3O1. The predicted molar refractivity (Wildman–Crippen MR) is 74.6 cm³/mol. The summed E-state index contributed by atoms with van der Waals surface area (Å²) in [6.07, 6.45) is 1.29. The molecule has 1 fully saturated rings. The molecule has 1 saturated heterocycles. The van der Waals surface area contributed by atoms with Crippen LogP contribution < -0.4 is 5.73 Å². The molecule has 1 aromatic heterocycles. The monoisotopic (exact) mass is 388 g/mol. The van der Waals surface area contributed by atoms with Gasteiger partial charge in [-0.1, -0.05) is 0 Å². The Bertz CT molecular complexity index is 641. The minimum atomic E-state index is -0.671. The van der Waals surface area contributed by atoms with Crippen LogP contribution in [0, 0.1) is 0 Å². The largest absolute Gasteiger partial charge is 0.436 e. The molecular weight excluding hydrogens is 380 g/mol. The van der Waals surface area contributed by atoms with Gasteiger partial charge in [-0.3, -0.25) is 9.36 Å². The molecule has 6 nitrogen and oxygen atoms in total. The molecule has 1 spiro atoms. The van der Waals surface area contributed by atoms with Gasteiger partial charge >= 0.3 is 0 Å². The molecule has 4 rings (SSSR count). The van der Waals surface area contributed by atoms with Crippen LogP contribution in [0.1, 0.15) is 29.6 Å². The van der Waals surface area contributed by atoms with E-state index in [0.29, 0.717) is 12.2 Å². The fourth-order valence-electron chi connectivity index (χ4n) is 3.22. The van der Waals surface area contributed by atoms with Crippen molar-refractivity contribution in [2.75, 3.05) is 6.54 Å². The van der Waals surface area contributed by atoms with Crippen molar-refractivity contribution < 1.29 is 9.53 Å². The summed E-state index contributed by atoms with van der Waals surface area (Å²) in [6, 6.07) is 1.95. The van der Waals surface area contributed by atoms with E-state index in [1.807, 2.05) is 4.57 Å². The van der Waals surface area contributed by atoms with Crippen LogP contribution in [-0.4, -0.2) is 33.6 Å². The molecule has 2 N–H and O–H groups in total. The maximum Gasteiger partial charge on any atom is 0.286 e. The van der Waals surface area contributed by atoms with E-state index in [0.717, 1.165) is 21.9 Å². The molecule has 0 aliphatic carbocycles. The highest BCUT2D eigenvalue weighted by atomic mass is 79.9. The van der Waals surface area contributed by atoms with Gasteiger partial charge in [0.2, 0.25) is 6.23 Å². The summed E-state index contributed by atoms with van der Waals surface area (Å²) in [6.45, 7) is 0.690. The zero-order valence-electron chi connectivity index (χ0n) is 9.77. The summed E-state index contributed by atoms with van der Waals surface area (Å²) < 4.78 is 9.11. The van der Waals surface area contributed by atoms with Crippen molar-refractivity contribution >= 4 is 43.8 Å². The van der Waals surface area contributed by atoms with Crippen LogP contribution in [0.15, 0.2) is 20.1 Å². The van der Waals surface area contributed by atoms with Crippen LogP contribution in [0.2, 0.25) is 0 Å². The highest BCUT2D eigenvalue weighted by Gasteiger charge is 2.60. The molecule has 0 radical (unpaired) electrons. The highest BCUT2D eigenvalue weighted by molar-refractivity contribution is 9.13. The van der Waals surface area contributed by atoms with E-state index in [2.05, 4.69) is 36.9 Å². The molecule has 0 bridgehead atoms. The Labute approximate surface area is 125 Å². The third kappa shape index (κ3) is 1.26. The number of nitrogens with two attached hydrogens (primary N) is 1. The summed E-state index contributed by atoms with van der Waals surface area (Å²) >= 11 is 6.92. The zero-order valence-corrected chi connectivity index (χ0v) is 12.9. The van der Waals surface area contributed by atoms with Gasteiger partial charge in [0.05, 0.1) is 4.47 Å². The molecular formula is C11H10Br2N4O2. The molecule has 2 atom stereocenters. The van der Waals surface area contributed by atoms with Crippen molar-refractivity contribution in [3.05, 3.63) is 20.8 Å². The quantitative estimate of drug-likeness (QED) is 0.735. The standard InChI is InChI=1S/C11H10Br2N4O2/c12-5-4-6-8(18)16-3-1-2-11(16)9(17(6)7(5)13)19-10(14)15-11/h4,9H,1-3H2,(H2,14,15)/t9-,11-/m0/s1. The Hall–Kier alpha value is -1.02. The second-order valence-corrected chi connectivity index (χ2v) is 6.50. The molecule has 100 valence electrons. The molecule has 0 aromatic carbocycles. The highest BCUT2D eigenvalue weighted by Crippen LogP contribution is 2.50. The number of carbonyl (C=O) groups is 1. The van der Waals surface area contributed by atoms with Gasteiger partial charge in [-0.2, -0.15) is 0 Å². The van der Waals surface area contributed by atoms with Gasteiger partial charge in [0, 0.05) is 6.54 Å². The lowest BCUT2D eigenvalue weighted by Crippen LogP contribution is -2.54. The van der Waals surface area contributed by atoms with Crippen LogP contribution in [-0.2, 0) is 4.74 Å². The van der Waals surface area contributed by atoms with Crippen LogP contribution in [0.4, 0.5) is 0 Å². The number of ether oxygens (including phenoxy) is 1. The van der Waals surface area contributed by atoms with Crippen LogP contribution in [0.3, 0.4) is 0 Å². The Kier molecular flexibility index (Phi) is 2.20. The molecule has 1 amide bonds. The van der Waals surface area contributed by atoms with E-state index in [9.17, 15) is 4.79 Å². The number of fused-ring (bicyclic) bond motifs is 2. The van der Waals surface area contributed by atoms with E-state index in [4.69, 9.17) is 10.5 Å². The number of aliphatic imine (C=N–C) groups is 1. The first kappa shape index (κ1) is 11.8. The topological polar surface area (TPSA) is 72.8 Å². The first-order valence-electron chi connectivity index (χ1n) is 5.95. The maximum atomic E-state index is 12.6. The summed E-state index contributed by atoms with van der Waals surface area (Å²) in [7, 11) is 0. The van der Waals surface area contributed by atoms with E-state index in [-0.39, 0.29) is 18.2 Å². The summed E-state index contributed by atoms with van der Waals surface area (Å²) in [5.74, 6) is -0.0257. The van der Waals surface area contributed by atoms with Crippen molar-refractivity contribution in [2.24, 2.45) is 10.7 Å². The molecule has 8 heteroatoms. The minimum absolute atomic E-state index is 0.0257. The van der Waals surface area contributed by atoms with Crippen LogP contribution in [0.5, 0.6) is 0 Å². The fraction of sp³-hybridized carbons (Fsp3) is 0.455. The molecule has 4 heterocycles. The van der Waals surface area contributed by atoms with Crippen molar-refractivity contribution in [1.29, 1.82) is 0 Å². The van der Waals surface area contributed by atoms with E-state index >= 15 is 0 Å². The Morgan fingerprint density at radius 1 is 1.53 bits per heavy atom. The average Bonchev–Trinajstić information content (AvgIpc) is 2.99. The van der Waals surface area contributed by atoms with Gasteiger partial charge in [-0.15, -0.1) is 0 Å². The van der Waals surface area contributed by atoms with Crippen molar-refractivity contribution in [3.8, 4) is 0 Å². The third-order valence-corrected chi connectivity index (χ3v) is 5.90. The van der Waals surface area contributed by atoms with Gasteiger partial charge in [-0.05, 0) is 50.8 Å². The number of hydrogen-bond acceptors (Lipinski definition) is 4. The maximum absolute atomic E-state index is 12.6. The second-order valence-electron chi connectivity index (χ2n) is 4.90. The summed E-state index contributed by atoms with van der Waals surface area (Å²) in [5.41, 5.74) is 5.67. The lowest BCUT2D eigenvalue weighted by atomic mass is 10.0. The van der Waals surface area contributed by atoms with Gasteiger partial charge in [0.1, 0.15) is 10.3 Å². The lowest BCUT2D eigenvalue weighted by molar-refractivity contribution is -0.0230. The van der Waals surface area contributed by atoms with Crippen molar-refractivity contribution in [2.45, 2.75) is 24.7 Å². The molecule has 0 saturated carbocycles. The summed E-state index contributed by atoms with van der Waals surface area (Å²) in [4.78, 5) is 18.8. The Morgan fingerprint density at radius 2 is 2.32 bits per heavy atom. The van der Waals surface area contributed by atoms with Gasteiger partial charge in [-0.25, -0.2) is 4.99 Å². The third-order valence-electron chi connectivity index (χ3n) is 3.96. The first-order chi connectivity index (χ1) is 9.04. The van der Waals surface area contributed by atoms with Crippen molar-refractivity contribution in [3.63, 3.8) is 0 Å². The molecule has 3 aliphatic rings. The van der Waals surface area contributed by atoms with Gasteiger partial charge < -0.3 is 15.4 Å². The number of carbonyl (C=O) groups excluding carboxylic acids is 1. The Morgan fingerprint density at radius 3 is 3.11 bits per heavy atom. The minimum Gasteiger partial charge on any atom is -0.436 e. The van der Waals surface area contributed by atoms with Crippen molar-refractivity contribution in [1.82, 2.24) is 9.47 Å². The van der Waals surface area contributed by atoms with E-state index in [1.54, 1.807) is 11.0 Å². The molecule has 19 heavy (non-hydrogen) atoms. The number of amides is 1. The van der Waals surface area contributed by atoms with Crippen LogP contribution >= 0.6 is 31.9 Å². The number of hydrogen-bond donors (Lipinski definition) is 1. The number of halogens is 2. The van der Waals surface area contributed by atoms with Gasteiger partial charge in [0.15, 0.2) is 5.66 Å². The normalized spacial score (nSPS) is 31.7.